The van der Waals surface area contributed by atoms with Crippen molar-refractivity contribution in [3.63, 3.8) is 0 Å². The zero-order valence-electron chi connectivity index (χ0n) is 9.90. The molecule has 5 heteroatoms. The largest absolute Gasteiger partial charge is 0.478 e. The highest BCUT2D eigenvalue weighted by atomic mass is 19.3. The van der Waals surface area contributed by atoms with Crippen LogP contribution in [0.3, 0.4) is 0 Å². The summed E-state index contributed by atoms with van der Waals surface area (Å²) in [5.74, 6) is -3.48. The second kappa shape index (κ2) is 5.02. The number of carboxylic acid groups (broad SMARTS) is 1. The van der Waals surface area contributed by atoms with E-state index in [0.29, 0.717) is 19.6 Å². The second-order valence-corrected chi connectivity index (χ2v) is 4.63. The number of piperidine rings is 1. The smallest absolute Gasteiger partial charge is 0.335 e. The molecular formula is C13H15F2NO2. The zero-order valence-corrected chi connectivity index (χ0v) is 9.90. The maximum absolute atomic E-state index is 13.0. The number of likely N-dealkylation sites (tertiary alicyclic amines) is 1. The number of benzene rings is 1. The van der Waals surface area contributed by atoms with Gasteiger partial charge in [0.2, 0.25) is 0 Å². The molecule has 0 amide bonds. The topological polar surface area (TPSA) is 40.5 Å². The van der Waals surface area contributed by atoms with E-state index < -0.39 is 11.9 Å². The van der Waals surface area contributed by atoms with E-state index in [-0.39, 0.29) is 18.4 Å². The van der Waals surface area contributed by atoms with E-state index in [2.05, 4.69) is 0 Å². The summed E-state index contributed by atoms with van der Waals surface area (Å²) in [5.41, 5.74) is 1.19. The summed E-state index contributed by atoms with van der Waals surface area (Å²) < 4.78 is 25.9. The van der Waals surface area contributed by atoms with Crippen LogP contribution in [0.2, 0.25) is 0 Å². The van der Waals surface area contributed by atoms with Gasteiger partial charge in [-0.3, -0.25) is 4.90 Å². The molecule has 0 aliphatic carbocycles. The highest BCUT2D eigenvalue weighted by Crippen LogP contribution is 2.28. The lowest BCUT2D eigenvalue weighted by Crippen LogP contribution is -2.38. The van der Waals surface area contributed by atoms with Gasteiger partial charge in [0.05, 0.1) is 5.56 Å². The number of rotatable bonds is 3. The van der Waals surface area contributed by atoms with Crippen LogP contribution in [0.15, 0.2) is 24.3 Å². The Kier molecular flexibility index (Phi) is 3.61. The lowest BCUT2D eigenvalue weighted by atomic mass is 10.1. The van der Waals surface area contributed by atoms with Crippen molar-refractivity contribution >= 4 is 5.97 Å². The number of hydrogen-bond acceptors (Lipinski definition) is 2. The van der Waals surface area contributed by atoms with Crippen LogP contribution in [0.5, 0.6) is 0 Å². The Morgan fingerprint density at radius 2 is 1.78 bits per heavy atom. The number of halogens is 2. The van der Waals surface area contributed by atoms with Crippen molar-refractivity contribution in [2.75, 3.05) is 13.1 Å². The van der Waals surface area contributed by atoms with E-state index >= 15 is 0 Å². The van der Waals surface area contributed by atoms with E-state index in [1.165, 1.54) is 12.1 Å². The molecule has 0 spiro atoms. The van der Waals surface area contributed by atoms with Gasteiger partial charge >= 0.3 is 5.97 Å². The highest BCUT2D eigenvalue weighted by molar-refractivity contribution is 5.87. The standard InChI is InChI=1S/C13H15F2NO2/c14-13(15)5-7-16(8-6-13)9-10-1-3-11(4-2-10)12(17)18/h1-4H,5-9H2,(H,17,18). The van der Waals surface area contributed by atoms with Gasteiger partial charge in [0, 0.05) is 32.5 Å². The third-order valence-corrected chi connectivity index (χ3v) is 3.19. The van der Waals surface area contributed by atoms with Crippen LogP contribution in [0.4, 0.5) is 8.78 Å². The molecule has 0 atom stereocenters. The summed E-state index contributed by atoms with van der Waals surface area (Å²) >= 11 is 0. The van der Waals surface area contributed by atoms with Gasteiger partial charge in [-0.15, -0.1) is 0 Å². The Morgan fingerprint density at radius 3 is 2.28 bits per heavy atom. The number of hydrogen-bond donors (Lipinski definition) is 1. The summed E-state index contributed by atoms with van der Waals surface area (Å²) in [6.07, 6.45) is -0.194. The maximum atomic E-state index is 13.0. The van der Waals surface area contributed by atoms with Gasteiger partial charge in [-0.05, 0) is 17.7 Å². The van der Waals surface area contributed by atoms with E-state index in [9.17, 15) is 13.6 Å². The number of nitrogens with zero attached hydrogens (tertiary/aromatic N) is 1. The number of aromatic carboxylic acids is 1. The van der Waals surface area contributed by atoms with Crippen molar-refractivity contribution in [1.82, 2.24) is 4.90 Å². The molecule has 1 aromatic rings. The van der Waals surface area contributed by atoms with Gasteiger partial charge in [0.15, 0.2) is 0 Å². The van der Waals surface area contributed by atoms with Crippen LogP contribution in [0.25, 0.3) is 0 Å². The minimum Gasteiger partial charge on any atom is -0.478 e. The highest BCUT2D eigenvalue weighted by Gasteiger charge is 2.33. The molecule has 1 aliphatic rings. The van der Waals surface area contributed by atoms with Crippen molar-refractivity contribution in [2.24, 2.45) is 0 Å². The summed E-state index contributed by atoms with van der Waals surface area (Å²) in [6, 6.07) is 6.54. The summed E-state index contributed by atoms with van der Waals surface area (Å²) in [4.78, 5) is 12.6. The van der Waals surface area contributed by atoms with Crippen LogP contribution in [-0.4, -0.2) is 35.0 Å². The Balaban J connectivity index is 1.92. The molecule has 2 rings (SSSR count). The quantitative estimate of drug-likeness (QED) is 0.902. The Bertz CT molecular complexity index is 421. The van der Waals surface area contributed by atoms with Crippen LogP contribution in [0.1, 0.15) is 28.8 Å². The van der Waals surface area contributed by atoms with Crippen molar-refractivity contribution < 1.29 is 18.7 Å². The first-order chi connectivity index (χ1) is 8.46. The van der Waals surface area contributed by atoms with Crippen LogP contribution in [-0.2, 0) is 6.54 Å². The Morgan fingerprint density at radius 1 is 1.22 bits per heavy atom. The van der Waals surface area contributed by atoms with Crippen molar-refractivity contribution in [2.45, 2.75) is 25.3 Å². The molecule has 0 unspecified atom stereocenters. The predicted octanol–water partition coefficient (Wildman–Crippen LogP) is 2.62. The average Bonchev–Trinajstić information content (AvgIpc) is 2.33. The summed E-state index contributed by atoms with van der Waals surface area (Å²) in [7, 11) is 0. The molecule has 1 aromatic carbocycles. The third kappa shape index (κ3) is 3.26. The monoisotopic (exact) mass is 255 g/mol. The molecule has 1 fully saturated rings. The Labute approximate surface area is 104 Å². The fraction of sp³-hybridized carbons (Fsp3) is 0.462. The average molecular weight is 255 g/mol. The first kappa shape index (κ1) is 13.0. The van der Waals surface area contributed by atoms with Gasteiger partial charge < -0.3 is 5.11 Å². The van der Waals surface area contributed by atoms with Gasteiger partial charge in [0.1, 0.15) is 0 Å². The van der Waals surface area contributed by atoms with Crippen LogP contribution in [0, 0.1) is 0 Å². The Hall–Kier alpha value is -1.49. The van der Waals surface area contributed by atoms with Crippen molar-refractivity contribution in [1.29, 1.82) is 0 Å². The van der Waals surface area contributed by atoms with Crippen molar-refractivity contribution in [3.8, 4) is 0 Å². The van der Waals surface area contributed by atoms with Gasteiger partial charge in [-0.2, -0.15) is 0 Å². The van der Waals surface area contributed by atoms with Gasteiger partial charge in [-0.1, -0.05) is 12.1 Å². The fourth-order valence-corrected chi connectivity index (χ4v) is 2.05. The first-order valence-corrected chi connectivity index (χ1v) is 5.89. The number of alkyl halides is 2. The van der Waals surface area contributed by atoms with Crippen LogP contribution >= 0.6 is 0 Å². The molecule has 1 heterocycles. The van der Waals surface area contributed by atoms with E-state index in [1.54, 1.807) is 12.1 Å². The van der Waals surface area contributed by atoms with Gasteiger partial charge in [0.25, 0.3) is 5.92 Å². The molecule has 98 valence electrons. The minimum atomic E-state index is -2.52. The van der Waals surface area contributed by atoms with E-state index in [0.717, 1.165) is 5.56 Å². The SMILES string of the molecule is O=C(O)c1ccc(CN2CCC(F)(F)CC2)cc1. The zero-order chi connectivity index (χ0) is 13.2. The lowest BCUT2D eigenvalue weighted by Gasteiger charge is -2.31. The molecule has 1 N–H and O–H groups in total. The predicted molar refractivity (Wildman–Crippen MR) is 62.9 cm³/mol. The summed E-state index contributed by atoms with van der Waals surface area (Å²) in [6.45, 7) is 1.36. The number of carbonyl (C=O) groups is 1. The summed E-state index contributed by atoms with van der Waals surface area (Å²) in [5, 5.41) is 8.76. The fourth-order valence-electron chi connectivity index (χ4n) is 2.05. The lowest BCUT2D eigenvalue weighted by molar-refractivity contribution is -0.0566. The molecule has 0 aromatic heterocycles. The molecular weight excluding hydrogens is 240 g/mol. The normalized spacial score (nSPS) is 19.7. The maximum Gasteiger partial charge on any atom is 0.335 e. The molecule has 0 bridgehead atoms. The van der Waals surface area contributed by atoms with Gasteiger partial charge in [-0.25, -0.2) is 13.6 Å². The third-order valence-electron chi connectivity index (χ3n) is 3.19. The van der Waals surface area contributed by atoms with Crippen LogP contribution < -0.4 is 0 Å². The first-order valence-electron chi connectivity index (χ1n) is 5.89. The van der Waals surface area contributed by atoms with E-state index in [1.807, 2.05) is 4.90 Å². The van der Waals surface area contributed by atoms with E-state index in [4.69, 9.17) is 5.11 Å². The minimum absolute atomic E-state index is 0.0970. The molecule has 18 heavy (non-hydrogen) atoms. The molecule has 1 saturated heterocycles. The molecule has 1 aliphatic heterocycles. The second-order valence-electron chi connectivity index (χ2n) is 4.63. The number of carboxylic acids is 1. The van der Waals surface area contributed by atoms with Crippen molar-refractivity contribution in [3.05, 3.63) is 35.4 Å². The molecule has 0 saturated carbocycles. The molecule has 0 radical (unpaired) electrons. The molecule has 3 nitrogen and oxygen atoms in total.